The van der Waals surface area contributed by atoms with E-state index in [-0.39, 0.29) is 0 Å². The van der Waals surface area contributed by atoms with Crippen LogP contribution < -0.4 is 0 Å². The van der Waals surface area contributed by atoms with Crippen molar-refractivity contribution in [2.75, 3.05) is 19.6 Å². The highest BCUT2D eigenvalue weighted by Crippen LogP contribution is 2.27. The van der Waals surface area contributed by atoms with Crippen LogP contribution in [0.5, 0.6) is 0 Å². The van der Waals surface area contributed by atoms with Crippen LogP contribution in [0.3, 0.4) is 0 Å². The highest BCUT2D eigenvalue weighted by Gasteiger charge is 2.45. The van der Waals surface area contributed by atoms with Crippen molar-refractivity contribution in [1.82, 2.24) is 4.90 Å². The molecule has 94 valence electrons. The lowest BCUT2D eigenvalue weighted by molar-refractivity contribution is -0.196. The summed E-state index contributed by atoms with van der Waals surface area (Å²) >= 11 is 0. The second-order valence-electron chi connectivity index (χ2n) is 4.15. The average Bonchev–Trinajstić information content (AvgIpc) is 2.39. The van der Waals surface area contributed by atoms with Gasteiger partial charge in [-0.05, 0) is 25.9 Å². The molecule has 0 radical (unpaired) electrons. The normalized spacial score (nSPS) is 21.4. The molecule has 3 nitrogen and oxygen atoms in total. The molecule has 0 aromatic rings. The molecule has 1 rings (SSSR count). The van der Waals surface area contributed by atoms with E-state index in [4.69, 9.17) is 5.11 Å². The van der Waals surface area contributed by atoms with E-state index in [1.165, 1.54) is 0 Å². The van der Waals surface area contributed by atoms with Crippen LogP contribution in [-0.2, 0) is 4.79 Å². The number of carboxylic acids is 1. The third kappa shape index (κ3) is 4.00. The Hall–Kier alpha value is -0.780. The van der Waals surface area contributed by atoms with Crippen molar-refractivity contribution in [3.05, 3.63) is 0 Å². The minimum atomic E-state index is -4.65. The molecule has 0 saturated carbocycles. The SMILES string of the molecule is O=C(O)C(CN1CCCCCC1)C(F)(F)F. The van der Waals surface area contributed by atoms with Crippen molar-refractivity contribution in [3.8, 4) is 0 Å². The zero-order valence-corrected chi connectivity index (χ0v) is 8.96. The summed E-state index contributed by atoms with van der Waals surface area (Å²) in [6.07, 6.45) is -0.924. The first-order chi connectivity index (χ1) is 7.41. The molecule has 6 heteroatoms. The Kier molecular flexibility index (Phi) is 4.58. The van der Waals surface area contributed by atoms with Gasteiger partial charge in [-0.3, -0.25) is 4.79 Å². The molecular weight excluding hydrogens is 223 g/mol. The highest BCUT2D eigenvalue weighted by molar-refractivity contribution is 5.71. The predicted molar refractivity (Wildman–Crippen MR) is 52.1 cm³/mol. The topological polar surface area (TPSA) is 40.5 Å². The van der Waals surface area contributed by atoms with E-state index in [1.807, 2.05) is 0 Å². The molecule has 1 aliphatic heterocycles. The molecular formula is C10H16F3NO2. The van der Waals surface area contributed by atoms with Gasteiger partial charge < -0.3 is 10.0 Å². The van der Waals surface area contributed by atoms with Crippen molar-refractivity contribution in [3.63, 3.8) is 0 Å². The van der Waals surface area contributed by atoms with Crippen LogP contribution in [0.2, 0.25) is 0 Å². The van der Waals surface area contributed by atoms with Gasteiger partial charge in [-0.15, -0.1) is 0 Å². The number of halogens is 3. The lowest BCUT2D eigenvalue weighted by Gasteiger charge is -2.25. The number of aliphatic carboxylic acids is 1. The predicted octanol–water partition coefficient (Wildman–Crippen LogP) is 2.13. The maximum absolute atomic E-state index is 12.4. The zero-order valence-electron chi connectivity index (χ0n) is 8.96. The number of hydrogen-bond donors (Lipinski definition) is 1. The molecule has 0 aliphatic carbocycles. The van der Waals surface area contributed by atoms with Crippen LogP contribution in [0.15, 0.2) is 0 Å². The number of carboxylic acid groups (broad SMARTS) is 1. The van der Waals surface area contributed by atoms with E-state index < -0.39 is 24.6 Å². The fourth-order valence-electron chi connectivity index (χ4n) is 1.90. The molecule has 0 spiro atoms. The van der Waals surface area contributed by atoms with Crippen molar-refractivity contribution < 1.29 is 23.1 Å². The number of likely N-dealkylation sites (tertiary alicyclic amines) is 1. The van der Waals surface area contributed by atoms with Crippen molar-refractivity contribution in [2.24, 2.45) is 5.92 Å². The first kappa shape index (κ1) is 13.3. The molecule has 16 heavy (non-hydrogen) atoms. The smallest absolute Gasteiger partial charge is 0.403 e. The van der Waals surface area contributed by atoms with Gasteiger partial charge in [-0.2, -0.15) is 13.2 Å². The van der Waals surface area contributed by atoms with Crippen LogP contribution in [0, 0.1) is 5.92 Å². The average molecular weight is 239 g/mol. The summed E-state index contributed by atoms with van der Waals surface area (Å²) in [7, 11) is 0. The molecule has 1 aliphatic rings. The standard InChI is InChI=1S/C10H16F3NO2/c11-10(12,13)8(9(15)16)7-14-5-3-1-2-4-6-14/h8H,1-7H2,(H,15,16). The van der Waals surface area contributed by atoms with E-state index >= 15 is 0 Å². The summed E-state index contributed by atoms with van der Waals surface area (Å²) in [6, 6.07) is 0. The van der Waals surface area contributed by atoms with E-state index in [1.54, 1.807) is 4.90 Å². The summed E-state index contributed by atoms with van der Waals surface area (Å²) in [4.78, 5) is 12.2. The Labute approximate surface area is 92.2 Å². The van der Waals surface area contributed by atoms with Gasteiger partial charge in [0, 0.05) is 6.54 Å². The maximum Gasteiger partial charge on any atom is 0.403 e. The lowest BCUT2D eigenvalue weighted by atomic mass is 10.1. The van der Waals surface area contributed by atoms with Gasteiger partial charge in [0.1, 0.15) is 0 Å². The second-order valence-corrected chi connectivity index (χ2v) is 4.15. The molecule has 0 amide bonds. The number of alkyl halides is 3. The molecule has 0 aromatic heterocycles. The zero-order chi connectivity index (χ0) is 12.2. The molecule has 1 atom stereocenters. The Bertz CT molecular complexity index is 235. The van der Waals surface area contributed by atoms with Crippen molar-refractivity contribution in [2.45, 2.75) is 31.9 Å². The summed E-state index contributed by atoms with van der Waals surface area (Å²) in [6.45, 7) is 0.721. The van der Waals surface area contributed by atoms with Gasteiger partial charge in [-0.25, -0.2) is 0 Å². The number of rotatable bonds is 3. The Morgan fingerprint density at radius 3 is 2.06 bits per heavy atom. The minimum Gasteiger partial charge on any atom is -0.481 e. The Morgan fingerprint density at radius 2 is 1.69 bits per heavy atom. The van der Waals surface area contributed by atoms with Crippen LogP contribution in [0.25, 0.3) is 0 Å². The first-order valence-electron chi connectivity index (χ1n) is 5.43. The van der Waals surface area contributed by atoms with E-state index in [0.717, 1.165) is 25.7 Å². The van der Waals surface area contributed by atoms with Gasteiger partial charge in [0.25, 0.3) is 0 Å². The number of hydrogen-bond acceptors (Lipinski definition) is 2. The third-order valence-electron chi connectivity index (χ3n) is 2.83. The largest absolute Gasteiger partial charge is 0.481 e. The van der Waals surface area contributed by atoms with Crippen molar-refractivity contribution >= 4 is 5.97 Å². The number of nitrogens with zero attached hydrogens (tertiary/aromatic N) is 1. The van der Waals surface area contributed by atoms with Gasteiger partial charge in [0.2, 0.25) is 0 Å². The van der Waals surface area contributed by atoms with E-state index in [0.29, 0.717) is 13.1 Å². The molecule has 1 saturated heterocycles. The molecule has 0 bridgehead atoms. The van der Waals surface area contributed by atoms with Gasteiger partial charge in [-0.1, -0.05) is 12.8 Å². The maximum atomic E-state index is 12.4. The van der Waals surface area contributed by atoms with Gasteiger partial charge in [0.05, 0.1) is 0 Å². The Morgan fingerprint density at radius 1 is 1.19 bits per heavy atom. The summed E-state index contributed by atoms with van der Waals surface area (Å²) in [5.74, 6) is -4.04. The summed E-state index contributed by atoms with van der Waals surface area (Å²) in [5.41, 5.74) is 0. The van der Waals surface area contributed by atoms with Crippen LogP contribution >= 0.6 is 0 Å². The highest BCUT2D eigenvalue weighted by atomic mass is 19.4. The monoisotopic (exact) mass is 239 g/mol. The molecule has 0 aromatic carbocycles. The molecule has 1 fully saturated rings. The minimum absolute atomic E-state index is 0.418. The second kappa shape index (κ2) is 5.52. The quantitative estimate of drug-likeness (QED) is 0.820. The Balaban J connectivity index is 2.56. The fourth-order valence-corrected chi connectivity index (χ4v) is 1.90. The van der Waals surface area contributed by atoms with Crippen LogP contribution in [-0.4, -0.2) is 41.8 Å². The molecule has 1 unspecified atom stereocenters. The third-order valence-corrected chi connectivity index (χ3v) is 2.83. The van der Waals surface area contributed by atoms with E-state index in [2.05, 4.69) is 0 Å². The fraction of sp³-hybridized carbons (Fsp3) is 0.900. The molecule has 1 N–H and O–H groups in total. The first-order valence-corrected chi connectivity index (χ1v) is 5.43. The summed E-state index contributed by atoms with van der Waals surface area (Å²) in [5, 5.41) is 8.56. The van der Waals surface area contributed by atoms with Gasteiger partial charge in [0.15, 0.2) is 5.92 Å². The van der Waals surface area contributed by atoms with Crippen molar-refractivity contribution in [1.29, 1.82) is 0 Å². The van der Waals surface area contributed by atoms with Gasteiger partial charge >= 0.3 is 12.1 Å². The van der Waals surface area contributed by atoms with Crippen LogP contribution in [0.4, 0.5) is 13.2 Å². The van der Waals surface area contributed by atoms with E-state index in [9.17, 15) is 18.0 Å². The van der Waals surface area contributed by atoms with Crippen LogP contribution in [0.1, 0.15) is 25.7 Å². The number of carbonyl (C=O) groups is 1. The summed E-state index contributed by atoms with van der Waals surface area (Å²) < 4.78 is 37.3. The lowest BCUT2D eigenvalue weighted by Crippen LogP contribution is -2.41. The molecule has 1 heterocycles.